The maximum Gasteiger partial charge on any atom is 0.416 e. The summed E-state index contributed by atoms with van der Waals surface area (Å²) in [7, 11) is 0. The highest BCUT2D eigenvalue weighted by atomic mass is 19.4. The number of rotatable bonds is 10. The van der Waals surface area contributed by atoms with Gasteiger partial charge in [0.05, 0.1) is 17.2 Å². The average Bonchev–Trinajstić information content (AvgIpc) is 3.25. The zero-order chi connectivity index (χ0) is 32.5. The molecule has 0 aliphatic carbocycles. The van der Waals surface area contributed by atoms with Crippen molar-refractivity contribution >= 4 is 11.9 Å². The highest BCUT2D eigenvalue weighted by Crippen LogP contribution is 2.37. The van der Waals surface area contributed by atoms with Gasteiger partial charge in [-0.2, -0.15) is 26.3 Å². The maximum absolute atomic E-state index is 13.6. The summed E-state index contributed by atoms with van der Waals surface area (Å²) in [5.41, 5.74) is -1.89. The van der Waals surface area contributed by atoms with E-state index >= 15 is 0 Å². The Bertz CT molecular complexity index is 1370. The van der Waals surface area contributed by atoms with Gasteiger partial charge in [0.15, 0.2) is 0 Å². The lowest BCUT2D eigenvalue weighted by Gasteiger charge is -2.30. The first-order chi connectivity index (χ1) is 21.4. The van der Waals surface area contributed by atoms with Gasteiger partial charge in [0, 0.05) is 31.7 Å². The van der Waals surface area contributed by atoms with E-state index in [1.807, 2.05) is 18.2 Å². The zero-order valence-corrected chi connectivity index (χ0v) is 24.6. The van der Waals surface area contributed by atoms with Crippen LogP contribution >= 0.6 is 0 Å². The highest BCUT2D eigenvalue weighted by Gasteiger charge is 2.39. The molecule has 1 fully saturated rings. The van der Waals surface area contributed by atoms with Gasteiger partial charge in [0.1, 0.15) is 0 Å². The van der Waals surface area contributed by atoms with Crippen molar-refractivity contribution in [3.05, 3.63) is 107 Å². The van der Waals surface area contributed by atoms with E-state index in [4.69, 9.17) is 0 Å². The van der Waals surface area contributed by atoms with E-state index in [2.05, 4.69) is 22.8 Å². The normalized spacial score (nSPS) is 15.9. The van der Waals surface area contributed by atoms with Crippen LogP contribution < -0.4 is 10.6 Å². The van der Waals surface area contributed by atoms with Crippen LogP contribution in [-0.4, -0.2) is 61.0 Å². The number of nitrogens with zero attached hydrogens (tertiary/aromatic N) is 2. The van der Waals surface area contributed by atoms with Gasteiger partial charge in [0.2, 0.25) is 0 Å². The van der Waals surface area contributed by atoms with Crippen molar-refractivity contribution in [3.8, 4) is 0 Å². The predicted octanol–water partition coefficient (Wildman–Crippen LogP) is 6.94. The monoisotopic (exact) mass is 634 g/mol. The van der Waals surface area contributed by atoms with Gasteiger partial charge in [-0.15, -0.1) is 0 Å². The molecule has 1 aliphatic rings. The zero-order valence-electron chi connectivity index (χ0n) is 24.6. The Morgan fingerprint density at radius 3 is 1.96 bits per heavy atom. The molecule has 3 amide bonds. The number of halogens is 6. The lowest BCUT2D eigenvalue weighted by atomic mass is 9.99. The van der Waals surface area contributed by atoms with Gasteiger partial charge in [-0.3, -0.25) is 4.79 Å². The van der Waals surface area contributed by atoms with E-state index < -0.39 is 41.0 Å². The first kappa shape index (κ1) is 33.8. The summed E-state index contributed by atoms with van der Waals surface area (Å²) in [5, 5.41) is 6.22. The molecule has 2 N–H and O–H groups in total. The third-order valence-electron chi connectivity index (χ3n) is 7.69. The van der Waals surface area contributed by atoms with Crippen LogP contribution in [0.5, 0.6) is 0 Å². The first-order valence-corrected chi connectivity index (χ1v) is 14.9. The molecular formula is C33H36F6N4O2. The molecule has 0 saturated carbocycles. The smallest absolute Gasteiger partial charge is 0.338 e. The van der Waals surface area contributed by atoms with Crippen molar-refractivity contribution in [1.82, 2.24) is 20.4 Å². The molecule has 3 aromatic carbocycles. The molecule has 1 saturated heterocycles. The number of carbonyl (C=O) groups is 2. The summed E-state index contributed by atoms with van der Waals surface area (Å²) < 4.78 is 81.1. The van der Waals surface area contributed by atoms with Crippen LogP contribution in [0.15, 0.2) is 78.9 Å². The summed E-state index contributed by atoms with van der Waals surface area (Å²) in [6, 6.07) is 18.8. The largest absolute Gasteiger partial charge is 0.416 e. The van der Waals surface area contributed by atoms with Crippen molar-refractivity contribution in [2.75, 3.05) is 39.3 Å². The van der Waals surface area contributed by atoms with Gasteiger partial charge in [-0.25, -0.2) is 4.79 Å². The number of hydrogen-bond donors (Lipinski definition) is 2. The van der Waals surface area contributed by atoms with Crippen molar-refractivity contribution < 1.29 is 35.9 Å². The van der Waals surface area contributed by atoms with Crippen LogP contribution in [-0.2, 0) is 18.8 Å². The third kappa shape index (κ3) is 9.71. The number of amides is 3. The molecule has 1 atom stereocenters. The number of aryl methyl sites for hydroxylation is 1. The fourth-order valence-electron chi connectivity index (χ4n) is 5.35. The van der Waals surface area contributed by atoms with Crippen LogP contribution in [0.4, 0.5) is 31.1 Å². The Kier molecular flexibility index (Phi) is 11.5. The van der Waals surface area contributed by atoms with Crippen molar-refractivity contribution in [2.24, 2.45) is 0 Å². The number of hydrogen-bond acceptors (Lipinski definition) is 3. The quantitative estimate of drug-likeness (QED) is 0.188. The number of urea groups is 1. The number of nitrogens with one attached hydrogen (secondary N) is 2. The fourth-order valence-corrected chi connectivity index (χ4v) is 5.35. The van der Waals surface area contributed by atoms with Gasteiger partial charge in [0.25, 0.3) is 5.91 Å². The average molecular weight is 635 g/mol. The minimum Gasteiger partial charge on any atom is -0.338 e. The predicted molar refractivity (Wildman–Crippen MR) is 159 cm³/mol. The van der Waals surface area contributed by atoms with Crippen molar-refractivity contribution in [3.63, 3.8) is 0 Å². The Hall–Kier alpha value is -4.06. The highest BCUT2D eigenvalue weighted by molar-refractivity contribution is 5.95. The van der Waals surface area contributed by atoms with Gasteiger partial charge >= 0.3 is 18.4 Å². The third-order valence-corrected chi connectivity index (χ3v) is 7.69. The Labute approximate surface area is 258 Å². The van der Waals surface area contributed by atoms with Crippen LogP contribution in [0.1, 0.15) is 57.9 Å². The second-order valence-electron chi connectivity index (χ2n) is 10.9. The molecule has 0 bridgehead atoms. The summed E-state index contributed by atoms with van der Waals surface area (Å²) in [5.74, 6) is -0.971. The van der Waals surface area contributed by atoms with E-state index in [0.29, 0.717) is 37.2 Å². The van der Waals surface area contributed by atoms with Crippen LogP contribution in [0.2, 0.25) is 0 Å². The van der Waals surface area contributed by atoms with Gasteiger partial charge in [-0.05, 0) is 68.1 Å². The molecule has 1 aliphatic heterocycles. The molecule has 4 rings (SSSR count). The molecule has 1 heterocycles. The SMILES string of the molecule is O=C(NCCCNCCCc1ccccc1)N1CCC(c2ccccc2)N(C(=O)c2cc(C(F)(F)F)cc(C(F)(F)F)c2)CC1. The summed E-state index contributed by atoms with van der Waals surface area (Å²) in [4.78, 5) is 29.4. The van der Waals surface area contributed by atoms with Crippen molar-refractivity contribution in [2.45, 2.75) is 44.1 Å². The maximum atomic E-state index is 13.6. The van der Waals surface area contributed by atoms with Crippen LogP contribution in [0.25, 0.3) is 0 Å². The van der Waals surface area contributed by atoms with Gasteiger partial charge < -0.3 is 20.4 Å². The second kappa shape index (κ2) is 15.3. The Balaban J connectivity index is 1.38. The molecule has 45 heavy (non-hydrogen) atoms. The molecule has 0 spiro atoms. The molecule has 6 nitrogen and oxygen atoms in total. The number of carbonyl (C=O) groups excluding carboxylic acids is 2. The standard InChI is InChI=1S/C33H36F6N4O2/c34-32(35,36)27-21-26(22-28(23-27)33(37,38)39)30(44)43-20-19-42(18-14-29(43)25-12-5-2-6-13-25)31(45)41-17-8-16-40-15-7-11-24-9-3-1-4-10-24/h1-6,9-10,12-13,21-23,29,40H,7-8,11,14-20H2,(H,41,45). The van der Waals surface area contributed by atoms with Crippen LogP contribution in [0, 0.1) is 0 Å². The minimum absolute atomic E-state index is 0.000215. The summed E-state index contributed by atoms with van der Waals surface area (Å²) in [6.45, 7) is 2.19. The number of alkyl halides is 6. The lowest BCUT2D eigenvalue weighted by molar-refractivity contribution is -0.143. The summed E-state index contributed by atoms with van der Waals surface area (Å²) >= 11 is 0. The summed E-state index contributed by atoms with van der Waals surface area (Å²) in [6.07, 6.45) is -7.27. The van der Waals surface area contributed by atoms with Crippen molar-refractivity contribution in [1.29, 1.82) is 0 Å². The minimum atomic E-state index is -5.08. The topological polar surface area (TPSA) is 64.7 Å². The van der Waals surface area contributed by atoms with Gasteiger partial charge in [-0.1, -0.05) is 60.7 Å². The van der Waals surface area contributed by atoms with E-state index in [1.54, 1.807) is 30.3 Å². The van der Waals surface area contributed by atoms with E-state index in [1.165, 1.54) is 15.4 Å². The molecule has 0 radical (unpaired) electrons. The van der Waals surface area contributed by atoms with E-state index in [0.717, 1.165) is 19.4 Å². The van der Waals surface area contributed by atoms with E-state index in [-0.39, 0.29) is 38.2 Å². The molecule has 0 aromatic heterocycles. The number of benzene rings is 3. The molecule has 1 unspecified atom stereocenters. The van der Waals surface area contributed by atoms with Crippen LogP contribution in [0.3, 0.4) is 0 Å². The molecule has 242 valence electrons. The lowest BCUT2D eigenvalue weighted by Crippen LogP contribution is -2.43. The first-order valence-electron chi connectivity index (χ1n) is 14.9. The Morgan fingerprint density at radius 1 is 0.733 bits per heavy atom. The fraction of sp³-hybridized carbons (Fsp3) is 0.394. The molecule has 12 heteroatoms. The Morgan fingerprint density at radius 2 is 1.33 bits per heavy atom. The van der Waals surface area contributed by atoms with E-state index in [9.17, 15) is 35.9 Å². The molecular weight excluding hydrogens is 598 g/mol. The second-order valence-corrected chi connectivity index (χ2v) is 10.9. The molecule has 3 aromatic rings.